The van der Waals surface area contributed by atoms with Gasteiger partial charge in [-0.25, -0.2) is 0 Å². The molecule has 2 aromatic carbocycles. The van der Waals surface area contributed by atoms with Gasteiger partial charge in [-0.2, -0.15) is 0 Å². The predicted molar refractivity (Wildman–Crippen MR) is 78.2 cm³/mol. The Hall–Kier alpha value is -2.69. The third-order valence-corrected chi connectivity index (χ3v) is 3.37. The summed E-state index contributed by atoms with van der Waals surface area (Å²) in [7, 11) is 0. The number of para-hydroxylation sites is 1. The van der Waals surface area contributed by atoms with Crippen LogP contribution in [-0.4, -0.2) is 16.0 Å². The molecule has 1 atom stereocenters. The van der Waals surface area contributed by atoms with Gasteiger partial charge in [0, 0.05) is 11.6 Å². The van der Waals surface area contributed by atoms with Crippen LogP contribution in [0.25, 0.3) is 0 Å². The minimum absolute atomic E-state index is 0.141. The van der Waals surface area contributed by atoms with Crippen LogP contribution in [0.5, 0.6) is 0 Å². The minimum atomic E-state index is -1.04. The molecule has 0 fully saturated rings. The topological polar surface area (TPSA) is 80.4 Å². The first kappa shape index (κ1) is 14.7. The summed E-state index contributed by atoms with van der Waals surface area (Å²) >= 11 is 0. The lowest BCUT2D eigenvalue weighted by atomic mass is 9.91. The van der Waals surface area contributed by atoms with Crippen LogP contribution in [0.3, 0.4) is 0 Å². The Bertz CT molecular complexity index is 640. The zero-order chi connectivity index (χ0) is 15.2. The van der Waals surface area contributed by atoms with Gasteiger partial charge in [0.15, 0.2) is 0 Å². The van der Waals surface area contributed by atoms with E-state index in [9.17, 15) is 20.0 Å². The van der Waals surface area contributed by atoms with Crippen molar-refractivity contribution in [3.63, 3.8) is 0 Å². The third kappa shape index (κ3) is 3.66. The summed E-state index contributed by atoms with van der Waals surface area (Å²) in [6.45, 7) is 0. The van der Waals surface area contributed by atoms with Crippen LogP contribution in [-0.2, 0) is 11.2 Å². The first-order valence-corrected chi connectivity index (χ1v) is 6.59. The number of rotatable bonds is 6. The van der Waals surface area contributed by atoms with Gasteiger partial charge in [-0.1, -0.05) is 48.5 Å². The number of hydrogen-bond acceptors (Lipinski definition) is 3. The van der Waals surface area contributed by atoms with Gasteiger partial charge in [0.05, 0.1) is 10.8 Å². The maximum Gasteiger partial charge on any atom is 0.311 e. The molecule has 0 saturated heterocycles. The van der Waals surface area contributed by atoms with E-state index in [1.165, 1.54) is 18.2 Å². The van der Waals surface area contributed by atoms with Crippen LogP contribution in [0.1, 0.15) is 23.5 Å². The van der Waals surface area contributed by atoms with E-state index in [-0.39, 0.29) is 11.3 Å². The fraction of sp³-hybridized carbons (Fsp3) is 0.188. The Morgan fingerprint density at radius 2 is 1.71 bits per heavy atom. The summed E-state index contributed by atoms with van der Waals surface area (Å²) < 4.78 is 0. The number of hydrogen-bond donors (Lipinski definition) is 1. The Labute approximate surface area is 122 Å². The average molecular weight is 285 g/mol. The maximum atomic E-state index is 11.5. The second-order valence-electron chi connectivity index (χ2n) is 4.73. The van der Waals surface area contributed by atoms with E-state index < -0.39 is 16.8 Å². The largest absolute Gasteiger partial charge is 0.481 e. The molecule has 0 aliphatic heterocycles. The summed E-state index contributed by atoms with van der Waals surface area (Å²) in [5.74, 6) is -1.92. The molecule has 0 radical (unpaired) electrons. The van der Waals surface area contributed by atoms with Crippen LogP contribution in [0.15, 0.2) is 54.6 Å². The number of nitro groups is 1. The highest BCUT2D eigenvalue weighted by Gasteiger charge is 2.27. The van der Waals surface area contributed by atoms with Gasteiger partial charge < -0.3 is 5.11 Å². The van der Waals surface area contributed by atoms with Crippen LogP contribution in [0.2, 0.25) is 0 Å². The fourth-order valence-corrected chi connectivity index (χ4v) is 2.32. The molecule has 21 heavy (non-hydrogen) atoms. The van der Waals surface area contributed by atoms with E-state index in [4.69, 9.17) is 0 Å². The smallest absolute Gasteiger partial charge is 0.311 e. The first-order chi connectivity index (χ1) is 10.1. The van der Waals surface area contributed by atoms with E-state index in [2.05, 4.69) is 0 Å². The molecule has 1 unspecified atom stereocenters. The van der Waals surface area contributed by atoms with Gasteiger partial charge in [0.2, 0.25) is 0 Å². The minimum Gasteiger partial charge on any atom is -0.481 e. The van der Waals surface area contributed by atoms with Crippen LogP contribution < -0.4 is 0 Å². The quantitative estimate of drug-likeness (QED) is 0.651. The number of aryl methyl sites for hydroxylation is 1. The van der Waals surface area contributed by atoms with Crippen molar-refractivity contribution in [1.29, 1.82) is 0 Å². The highest BCUT2D eigenvalue weighted by molar-refractivity contribution is 5.77. The van der Waals surface area contributed by atoms with E-state index >= 15 is 0 Å². The van der Waals surface area contributed by atoms with E-state index in [0.717, 1.165) is 5.56 Å². The van der Waals surface area contributed by atoms with Gasteiger partial charge in [0.1, 0.15) is 0 Å². The van der Waals surface area contributed by atoms with Gasteiger partial charge in [-0.15, -0.1) is 0 Å². The number of nitrogens with zero attached hydrogens (tertiary/aromatic N) is 1. The summed E-state index contributed by atoms with van der Waals surface area (Å²) in [5, 5.41) is 20.4. The maximum absolute atomic E-state index is 11.5. The summed E-state index contributed by atoms with van der Waals surface area (Å²) in [6.07, 6.45) is 0.883. The van der Waals surface area contributed by atoms with Gasteiger partial charge in [0.25, 0.3) is 5.69 Å². The van der Waals surface area contributed by atoms with Crippen molar-refractivity contribution in [3.05, 3.63) is 75.8 Å². The molecule has 0 spiro atoms. The van der Waals surface area contributed by atoms with Crippen molar-refractivity contribution in [2.24, 2.45) is 0 Å². The first-order valence-electron chi connectivity index (χ1n) is 6.59. The third-order valence-electron chi connectivity index (χ3n) is 3.37. The van der Waals surface area contributed by atoms with Crippen LogP contribution >= 0.6 is 0 Å². The number of aliphatic carboxylic acids is 1. The molecule has 0 bridgehead atoms. The van der Waals surface area contributed by atoms with Crippen molar-refractivity contribution in [1.82, 2.24) is 0 Å². The average Bonchev–Trinajstić information content (AvgIpc) is 2.48. The molecule has 0 saturated carbocycles. The number of carboxylic acid groups (broad SMARTS) is 1. The molecule has 2 aromatic rings. The molecule has 2 rings (SSSR count). The summed E-state index contributed by atoms with van der Waals surface area (Å²) in [5.41, 5.74) is 1.13. The molecule has 5 heteroatoms. The van der Waals surface area contributed by atoms with Crippen molar-refractivity contribution in [3.8, 4) is 0 Å². The normalized spacial score (nSPS) is 11.8. The molecular weight excluding hydrogens is 270 g/mol. The monoisotopic (exact) mass is 285 g/mol. The van der Waals surface area contributed by atoms with Gasteiger partial charge >= 0.3 is 5.97 Å². The van der Waals surface area contributed by atoms with Crippen molar-refractivity contribution >= 4 is 11.7 Å². The summed E-state index contributed by atoms with van der Waals surface area (Å²) in [6, 6.07) is 15.5. The number of nitro benzene ring substituents is 1. The number of carbonyl (C=O) groups is 1. The lowest BCUT2D eigenvalue weighted by Crippen LogP contribution is -2.14. The Morgan fingerprint density at radius 1 is 1.10 bits per heavy atom. The van der Waals surface area contributed by atoms with E-state index in [0.29, 0.717) is 12.8 Å². The highest BCUT2D eigenvalue weighted by atomic mass is 16.6. The predicted octanol–water partition coefficient (Wildman–Crippen LogP) is 3.40. The second-order valence-corrected chi connectivity index (χ2v) is 4.73. The number of benzene rings is 2. The Morgan fingerprint density at radius 3 is 2.33 bits per heavy atom. The number of carboxylic acids is 1. The Balaban J connectivity index is 2.24. The van der Waals surface area contributed by atoms with Crippen molar-refractivity contribution in [2.75, 3.05) is 0 Å². The fourth-order valence-electron chi connectivity index (χ4n) is 2.32. The molecule has 5 nitrogen and oxygen atoms in total. The highest BCUT2D eigenvalue weighted by Crippen LogP contribution is 2.30. The molecule has 108 valence electrons. The Kier molecular flexibility index (Phi) is 4.66. The van der Waals surface area contributed by atoms with Crippen LogP contribution in [0, 0.1) is 10.1 Å². The SMILES string of the molecule is O=C(O)C(CCc1ccccc1)c1ccccc1[N+](=O)[O-]. The van der Waals surface area contributed by atoms with E-state index in [1.807, 2.05) is 30.3 Å². The van der Waals surface area contributed by atoms with E-state index in [1.54, 1.807) is 6.07 Å². The lowest BCUT2D eigenvalue weighted by molar-refractivity contribution is -0.385. The molecule has 0 heterocycles. The van der Waals surface area contributed by atoms with Crippen LogP contribution in [0.4, 0.5) is 5.69 Å². The summed E-state index contributed by atoms with van der Waals surface area (Å²) in [4.78, 5) is 22.0. The zero-order valence-electron chi connectivity index (χ0n) is 11.3. The zero-order valence-corrected chi connectivity index (χ0v) is 11.3. The van der Waals surface area contributed by atoms with Gasteiger partial charge in [-0.3, -0.25) is 14.9 Å². The molecule has 0 amide bonds. The molecular formula is C16H15NO4. The lowest BCUT2D eigenvalue weighted by Gasteiger charge is -2.13. The molecule has 1 N–H and O–H groups in total. The molecule has 0 aliphatic rings. The van der Waals surface area contributed by atoms with Crippen molar-refractivity contribution < 1.29 is 14.8 Å². The molecule has 0 aromatic heterocycles. The standard InChI is InChI=1S/C16H15NO4/c18-16(19)14(11-10-12-6-2-1-3-7-12)13-8-4-5-9-15(13)17(20)21/h1-9,14H,10-11H2,(H,18,19). The van der Waals surface area contributed by atoms with Gasteiger partial charge in [-0.05, 0) is 18.4 Å². The molecule has 0 aliphatic carbocycles. The second kappa shape index (κ2) is 6.65. The van der Waals surface area contributed by atoms with Crippen molar-refractivity contribution in [2.45, 2.75) is 18.8 Å².